The molecule has 1 amide bonds. The maximum absolute atomic E-state index is 13.7. The minimum Gasteiger partial charge on any atom is -0.340 e. The number of benzene rings is 2. The first-order valence-electron chi connectivity index (χ1n) is 7.69. The van der Waals surface area contributed by atoms with Crippen molar-refractivity contribution in [2.75, 3.05) is 16.0 Å². The van der Waals surface area contributed by atoms with Gasteiger partial charge in [-0.3, -0.25) is 4.79 Å². The molecule has 3 N–H and O–H groups in total. The molecule has 0 unspecified atom stereocenters. The number of amides is 1. The van der Waals surface area contributed by atoms with Crippen molar-refractivity contribution < 1.29 is 13.6 Å². The SMILES string of the molecule is CC(=O)Nc1ccc(Nc2cc(Nc3c(F)cccc3F)ncn2)cc1. The second-order valence-corrected chi connectivity index (χ2v) is 5.39. The maximum Gasteiger partial charge on any atom is 0.221 e. The molecule has 0 saturated heterocycles. The fourth-order valence-electron chi connectivity index (χ4n) is 2.23. The van der Waals surface area contributed by atoms with Crippen LogP contribution in [-0.2, 0) is 4.79 Å². The predicted molar refractivity (Wildman–Crippen MR) is 95.7 cm³/mol. The van der Waals surface area contributed by atoms with E-state index in [9.17, 15) is 13.6 Å². The average Bonchev–Trinajstić information content (AvgIpc) is 2.60. The summed E-state index contributed by atoms with van der Waals surface area (Å²) in [5, 5.41) is 8.33. The molecule has 6 nitrogen and oxygen atoms in total. The lowest BCUT2D eigenvalue weighted by molar-refractivity contribution is -0.114. The van der Waals surface area contributed by atoms with Crippen LogP contribution in [0.2, 0.25) is 0 Å². The number of nitrogens with zero attached hydrogens (tertiary/aromatic N) is 2. The zero-order valence-electron chi connectivity index (χ0n) is 13.8. The number of nitrogens with one attached hydrogen (secondary N) is 3. The number of halogens is 2. The van der Waals surface area contributed by atoms with E-state index in [-0.39, 0.29) is 17.4 Å². The molecule has 0 spiro atoms. The lowest BCUT2D eigenvalue weighted by Crippen LogP contribution is -2.05. The Balaban J connectivity index is 1.74. The van der Waals surface area contributed by atoms with Gasteiger partial charge in [-0.25, -0.2) is 18.7 Å². The van der Waals surface area contributed by atoms with Gasteiger partial charge in [0, 0.05) is 24.4 Å². The Morgan fingerprint density at radius 1 is 0.885 bits per heavy atom. The minimum absolute atomic E-state index is 0.155. The van der Waals surface area contributed by atoms with Crippen LogP contribution in [0, 0.1) is 11.6 Å². The van der Waals surface area contributed by atoms with Gasteiger partial charge in [-0.2, -0.15) is 0 Å². The van der Waals surface area contributed by atoms with E-state index in [0.29, 0.717) is 11.5 Å². The van der Waals surface area contributed by atoms with Crippen LogP contribution < -0.4 is 16.0 Å². The van der Waals surface area contributed by atoms with Crippen molar-refractivity contribution in [3.8, 4) is 0 Å². The Kier molecular flexibility index (Phi) is 5.02. The molecule has 26 heavy (non-hydrogen) atoms. The van der Waals surface area contributed by atoms with Crippen molar-refractivity contribution in [2.24, 2.45) is 0 Å². The number of carbonyl (C=O) groups is 1. The van der Waals surface area contributed by atoms with Crippen LogP contribution in [0.3, 0.4) is 0 Å². The summed E-state index contributed by atoms with van der Waals surface area (Å²) >= 11 is 0. The van der Waals surface area contributed by atoms with Crippen LogP contribution in [0.5, 0.6) is 0 Å². The van der Waals surface area contributed by atoms with Crippen LogP contribution in [0.25, 0.3) is 0 Å². The van der Waals surface area contributed by atoms with Crippen molar-refractivity contribution in [3.05, 3.63) is 66.5 Å². The molecule has 3 rings (SSSR count). The van der Waals surface area contributed by atoms with E-state index >= 15 is 0 Å². The lowest BCUT2D eigenvalue weighted by atomic mass is 10.2. The van der Waals surface area contributed by atoms with Crippen LogP contribution in [0.1, 0.15) is 6.92 Å². The number of hydrogen-bond donors (Lipinski definition) is 3. The van der Waals surface area contributed by atoms with Crippen LogP contribution in [0.4, 0.5) is 37.5 Å². The molecule has 0 aliphatic rings. The zero-order chi connectivity index (χ0) is 18.5. The summed E-state index contributed by atoms with van der Waals surface area (Å²) in [6, 6.07) is 12.1. The van der Waals surface area contributed by atoms with Crippen LogP contribution in [0.15, 0.2) is 54.9 Å². The highest BCUT2D eigenvalue weighted by atomic mass is 19.1. The highest BCUT2D eigenvalue weighted by Gasteiger charge is 2.09. The van der Waals surface area contributed by atoms with Gasteiger partial charge in [0.15, 0.2) is 0 Å². The first-order chi connectivity index (χ1) is 12.5. The Bertz CT molecular complexity index is 911. The molecule has 0 saturated carbocycles. The lowest BCUT2D eigenvalue weighted by Gasteiger charge is -2.10. The highest BCUT2D eigenvalue weighted by molar-refractivity contribution is 5.88. The molecule has 0 aliphatic heterocycles. The van der Waals surface area contributed by atoms with Crippen LogP contribution >= 0.6 is 0 Å². The van der Waals surface area contributed by atoms with Crippen molar-refractivity contribution >= 4 is 34.6 Å². The van der Waals surface area contributed by atoms with E-state index in [2.05, 4.69) is 25.9 Å². The average molecular weight is 355 g/mol. The molecular weight excluding hydrogens is 340 g/mol. The summed E-state index contributed by atoms with van der Waals surface area (Å²) in [5.41, 5.74) is 1.11. The number of aromatic nitrogens is 2. The minimum atomic E-state index is -0.716. The molecule has 0 atom stereocenters. The number of rotatable bonds is 5. The largest absolute Gasteiger partial charge is 0.340 e. The van der Waals surface area contributed by atoms with Crippen molar-refractivity contribution in [3.63, 3.8) is 0 Å². The maximum atomic E-state index is 13.7. The summed E-state index contributed by atoms with van der Waals surface area (Å²) in [6.07, 6.45) is 1.27. The van der Waals surface area contributed by atoms with Gasteiger partial charge in [-0.05, 0) is 36.4 Å². The molecular formula is C18H15F2N5O. The fourth-order valence-corrected chi connectivity index (χ4v) is 2.23. The molecule has 0 aliphatic carbocycles. The Morgan fingerprint density at radius 2 is 1.46 bits per heavy atom. The van der Waals surface area contributed by atoms with Gasteiger partial charge >= 0.3 is 0 Å². The molecule has 0 fully saturated rings. The standard InChI is InChI=1S/C18H15F2N5O/c1-11(26)23-12-5-7-13(8-6-12)24-16-9-17(22-10-21-16)25-18-14(19)3-2-4-15(18)20/h2-10H,1H3,(H,23,26)(H2,21,22,24,25). The van der Waals surface area contributed by atoms with Gasteiger partial charge in [0.1, 0.15) is 35.3 Å². The van der Waals surface area contributed by atoms with E-state index in [1.165, 1.54) is 25.4 Å². The predicted octanol–water partition coefficient (Wildman–Crippen LogP) is 4.20. The van der Waals surface area contributed by atoms with Gasteiger partial charge in [-0.1, -0.05) is 6.07 Å². The van der Waals surface area contributed by atoms with Crippen LogP contribution in [-0.4, -0.2) is 15.9 Å². The number of hydrogen-bond acceptors (Lipinski definition) is 5. The molecule has 1 aromatic heterocycles. The Hall–Kier alpha value is -3.55. The third-order valence-corrected chi connectivity index (χ3v) is 3.36. The van der Waals surface area contributed by atoms with E-state index in [0.717, 1.165) is 17.8 Å². The first-order valence-corrected chi connectivity index (χ1v) is 7.69. The Labute approximate surface area is 148 Å². The monoisotopic (exact) mass is 355 g/mol. The third-order valence-electron chi connectivity index (χ3n) is 3.36. The van der Waals surface area contributed by atoms with Crippen molar-refractivity contribution in [1.29, 1.82) is 0 Å². The van der Waals surface area contributed by atoms with E-state index in [1.807, 2.05) is 0 Å². The summed E-state index contributed by atoms with van der Waals surface area (Å²) in [5.74, 6) is -0.913. The molecule has 1 heterocycles. The summed E-state index contributed by atoms with van der Waals surface area (Å²) in [6.45, 7) is 1.43. The summed E-state index contributed by atoms with van der Waals surface area (Å²) in [4.78, 5) is 19.1. The molecule has 132 valence electrons. The molecule has 0 radical (unpaired) electrons. The fraction of sp³-hybridized carbons (Fsp3) is 0.0556. The van der Waals surface area contributed by atoms with Crippen molar-refractivity contribution in [1.82, 2.24) is 9.97 Å². The molecule has 0 bridgehead atoms. The first kappa shape index (κ1) is 17.3. The second kappa shape index (κ2) is 7.56. The number of para-hydroxylation sites is 1. The highest BCUT2D eigenvalue weighted by Crippen LogP contribution is 2.24. The second-order valence-electron chi connectivity index (χ2n) is 5.39. The molecule has 3 aromatic rings. The normalized spacial score (nSPS) is 10.3. The number of carbonyl (C=O) groups excluding carboxylic acids is 1. The number of anilines is 5. The van der Waals surface area contributed by atoms with E-state index < -0.39 is 11.6 Å². The van der Waals surface area contributed by atoms with Gasteiger partial charge in [-0.15, -0.1) is 0 Å². The topological polar surface area (TPSA) is 78.9 Å². The molecule has 8 heteroatoms. The van der Waals surface area contributed by atoms with E-state index in [4.69, 9.17) is 0 Å². The smallest absolute Gasteiger partial charge is 0.221 e. The van der Waals surface area contributed by atoms with E-state index in [1.54, 1.807) is 24.3 Å². The van der Waals surface area contributed by atoms with Gasteiger partial charge in [0.05, 0.1) is 0 Å². The molecule has 2 aromatic carbocycles. The third kappa shape index (κ3) is 4.29. The van der Waals surface area contributed by atoms with Gasteiger partial charge in [0.25, 0.3) is 0 Å². The zero-order valence-corrected chi connectivity index (χ0v) is 13.8. The van der Waals surface area contributed by atoms with Gasteiger partial charge < -0.3 is 16.0 Å². The Morgan fingerprint density at radius 3 is 2.08 bits per heavy atom. The quantitative estimate of drug-likeness (QED) is 0.639. The van der Waals surface area contributed by atoms with Gasteiger partial charge in [0.2, 0.25) is 5.91 Å². The van der Waals surface area contributed by atoms with Crippen molar-refractivity contribution in [2.45, 2.75) is 6.92 Å². The summed E-state index contributed by atoms with van der Waals surface area (Å²) < 4.78 is 27.4. The summed E-state index contributed by atoms with van der Waals surface area (Å²) in [7, 11) is 0.